The molecule has 1 aliphatic heterocycles. The SMILES string of the molecule is C[C@H]1[C@@H](NS(=O)(=O)C2CC2)CCS1(=O)=O. The van der Waals surface area contributed by atoms with Crippen molar-refractivity contribution >= 4 is 19.9 Å². The highest BCUT2D eigenvalue weighted by Crippen LogP contribution is 2.29. The van der Waals surface area contributed by atoms with Gasteiger partial charge < -0.3 is 0 Å². The molecule has 2 atom stereocenters. The van der Waals surface area contributed by atoms with Gasteiger partial charge in [-0.3, -0.25) is 0 Å². The Morgan fingerprint density at radius 2 is 1.80 bits per heavy atom. The first-order valence-corrected chi connectivity index (χ1v) is 8.32. The van der Waals surface area contributed by atoms with Crippen molar-refractivity contribution in [2.45, 2.75) is 42.7 Å². The molecule has 1 saturated carbocycles. The maximum atomic E-state index is 11.6. The highest BCUT2D eigenvalue weighted by Gasteiger charge is 2.42. The topological polar surface area (TPSA) is 80.3 Å². The minimum atomic E-state index is -3.27. The van der Waals surface area contributed by atoms with E-state index in [4.69, 9.17) is 0 Å². The summed E-state index contributed by atoms with van der Waals surface area (Å²) in [7, 11) is -6.35. The van der Waals surface area contributed by atoms with Crippen molar-refractivity contribution in [3.8, 4) is 0 Å². The van der Waals surface area contributed by atoms with E-state index in [-0.39, 0.29) is 11.0 Å². The average molecular weight is 253 g/mol. The van der Waals surface area contributed by atoms with Crippen LogP contribution in [0, 0.1) is 0 Å². The molecule has 88 valence electrons. The Labute approximate surface area is 90.2 Å². The van der Waals surface area contributed by atoms with Crippen LogP contribution in [0.2, 0.25) is 0 Å². The third-order valence-electron chi connectivity index (χ3n) is 3.13. The minimum Gasteiger partial charge on any atom is -0.228 e. The van der Waals surface area contributed by atoms with E-state index in [1.54, 1.807) is 6.92 Å². The van der Waals surface area contributed by atoms with Crippen molar-refractivity contribution in [1.29, 1.82) is 0 Å². The predicted molar refractivity (Wildman–Crippen MR) is 56.7 cm³/mol. The first kappa shape index (κ1) is 11.3. The van der Waals surface area contributed by atoms with Gasteiger partial charge in [0.2, 0.25) is 10.0 Å². The molecule has 0 amide bonds. The highest BCUT2D eigenvalue weighted by atomic mass is 32.2. The number of sulfonamides is 1. The van der Waals surface area contributed by atoms with Crippen LogP contribution in [0.25, 0.3) is 0 Å². The second-order valence-corrected chi connectivity index (χ2v) is 8.80. The van der Waals surface area contributed by atoms with E-state index in [1.165, 1.54) is 0 Å². The summed E-state index contributed by atoms with van der Waals surface area (Å²) in [4.78, 5) is 0. The molecule has 0 aromatic carbocycles. The molecule has 1 saturated heterocycles. The fourth-order valence-electron chi connectivity index (χ4n) is 1.80. The van der Waals surface area contributed by atoms with E-state index in [1.807, 2.05) is 0 Å². The monoisotopic (exact) mass is 253 g/mol. The third-order valence-corrected chi connectivity index (χ3v) is 7.37. The highest BCUT2D eigenvalue weighted by molar-refractivity contribution is 7.92. The van der Waals surface area contributed by atoms with Crippen LogP contribution in [0.4, 0.5) is 0 Å². The van der Waals surface area contributed by atoms with Crippen molar-refractivity contribution < 1.29 is 16.8 Å². The summed E-state index contributed by atoms with van der Waals surface area (Å²) in [5, 5.41) is -0.876. The number of rotatable bonds is 3. The molecule has 0 radical (unpaired) electrons. The second kappa shape index (κ2) is 3.43. The lowest BCUT2D eigenvalue weighted by Gasteiger charge is -2.15. The lowest BCUT2D eigenvalue weighted by molar-refractivity contribution is 0.540. The molecular formula is C8H15NO4S2. The maximum Gasteiger partial charge on any atom is 0.214 e. The minimum absolute atomic E-state index is 0.0893. The van der Waals surface area contributed by atoms with Gasteiger partial charge in [0.05, 0.1) is 16.3 Å². The first-order valence-electron chi connectivity index (χ1n) is 5.05. The van der Waals surface area contributed by atoms with E-state index in [0.29, 0.717) is 19.3 Å². The Morgan fingerprint density at radius 1 is 1.20 bits per heavy atom. The number of hydrogen-bond acceptors (Lipinski definition) is 4. The van der Waals surface area contributed by atoms with Crippen LogP contribution in [-0.4, -0.2) is 39.1 Å². The number of hydrogen-bond donors (Lipinski definition) is 1. The largest absolute Gasteiger partial charge is 0.228 e. The van der Waals surface area contributed by atoms with Crippen molar-refractivity contribution in [1.82, 2.24) is 4.72 Å². The molecule has 15 heavy (non-hydrogen) atoms. The quantitative estimate of drug-likeness (QED) is 0.745. The zero-order valence-corrected chi connectivity index (χ0v) is 10.1. The lowest BCUT2D eigenvalue weighted by atomic mass is 10.2. The first-order chi connectivity index (χ1) is 6.83. The molecule has 2 aliphatic rings. The summed E-state index contributed by atoms with van der Waals surface area (Å²) in [6, 6.07) is -0.430. The average Bonchev–Trinajstić information content (AvgIpc) is 2.90. The molecular weight excluding hydrogens is 238 g/mol. The van der Waals surface area contributed by atoms with Gasteiger partial charge in [0, 0.05) is 6.04 Å². The predicted octanol–water partition coefficient (Wildman–Crippen LogP) is -0.356. The molecule has 2 rings (SSSR count). The number of nitrogens with one attached hydrogen (secondary N) is 1. The van der Waals surface area contributed by atoms with Crippen molar-refractivity contribution in [2.24, 2.45) is 0 Å². The molecule has 0 aromatic rings. The number of sulfone groups is 1. The van der Waals surface area contributed by atoms with Gasteiger partial charge in [-0.15, -0.1) is 0 Å². The Hall–Kier alpha value is -0.140. The molecule has 1 heterocycles. The van der Waals surface area contributed by atoms with E-state index < -0.39 is 31.2 Å². The Kier molecular flexibility index (Phi) is 2.59. The van der Waals surface area contributed by atoms with Crippen LogP contribution in [-0.2, 0) is 19.9 Å². The van der Waals surface area contributed by atoms with Gasteiger partial charge in [-0.05, 0) is 26.2 Å². The van der Waals surface area contributed by atoms with E-state index in [0.717, 1.165) is 0 Å². The van der Waals surface area contributed by atoms with Crippen LogP contribution >= 0.6 is 0 Å². The fourth-order valence-corrected chi connectivity index (χ4v) is 5.24. The van der Waals surface area contributed by atoms with Crippen LogP contribution in [0.1, 0.15) is 26.2 Å². The van der Waals surface area contributed by atoms with Gasteiger partial charge in [-0.2, -0.15) is 0 Å². The van der Waals surface area contributed by atoms with Crippen LogP contribution < -0.4 is 4.72 Å². The standard InChI is InChI=1S/C8H15NO4S2/c1-6-8(4-5-14(6,10)11)9-15(12,13)7-2-3-7/h6-9H,2-5H2,1H3/t6-,8-/m0/s1. The Balaban J connectivity index is 2.08. The normalized spacial score (nSPS) is 35.5. The van der Waals surface area contributed by atoms with Crippen LogP contribution in [0.5, 0.6) is 0 Å². The van der Waals surface area contributed by atoms with Crippen LogP contribution in [0.15, 0.2) is 0 Å². The van der Waals surface area contributed by atoms with E-state index >= 15 is 0 Å². The zero-order chi connectivity index (χ0) is 11.3. The smallest absolute Gasteiger partial charge is 0.214 e. The molecule has 0 spiro atoms. The summed E-state index contributed by atoms with van der Waals surface area (Å²) in [6.45, 7) is 1.57. The summed E-state index contributed by atoms with van der Waals surface area (Å²) < 4.78 is 48.5. The van der Waals surface area contributed by atoms with Crippen molar-refractivity contribution in [2.75, 3.05) is 5.75 Å². The van der Waals surface area contributed by atoms with Crippen molar-refractivity contribution in [3.63, 3.8) is 0 Å². The molecule has 2 fully saturated rings. The zero-order valence-electron chi connectivity index (χ0n) is 8.51. The molecule has 0 unspecified atom stereocenters. The van der Waals surface area contributed by atoms with Gasteiger partial charge in [0.1, 0.15) is 0 Å². The fraction of sp³-hybridized carbons (Fsp3) is 1.00. The van der Waals surface area contributed by atoms with Crippen molar-refractivity contribution in [3.05, 3.63) is 0 Å². The lowest BCUT2D eigenvalue weighted by Crippen LogP contribution is -2.41. The van der Waals surface area contributed by atoms with Gasteiger partial charge in [-0.25, -0.2) is 21.6 Å². The summed E-state index contributed by atoms with van der Waals surface area (Å²) >= 11 is 0. The maximum absolute atomic E-state index is 11.6. The molecule has 1 N–H and O–H groups in total. The molecule has 1 aliphatic carbocycles. The summed E-state index contributed by atoms with van der Waals surface area (Å²) in [5.41, 5.74) is 0. The van der Waals surface area contributed by atoms with E-state index in [9.17, 15) is 16.8 Å². The summed E-state index contributed by atoms with van der Waals surface area (Å²) in [6.07, 6.45) is 1.79. The Morgan fingerprint density at radius 3 is 2.20 bits per heavy atom. The Bertz CT molecular complexity index is 449. The summed E-state index contributed by atoms with van der Waals surface area (Å²) in [5.74, 6) is 0.0893. The van der Waals surface area contributed by atoms with E-state index in [2.05, 4.69) is 4.72 Å². The van der Waals surface area contributed by atoms with Gasteiger partial charge in [0.25, 0.3) is 0 Å². The second-order valence-electron chi connectivity index (χ2n) is 4.33. The van der Waals surface area contributed by atoms with Gasteiger partial charge in [0.15, 0.2) is 9.84 Å². The molecule has 0 bridgehead atoms. The molecule has 0 aromatic heterocycles. The molecule has 5 nitrogen and oxygen atoms in total. The van der Waals surface area contributed by atoms with Gasteiger partial charge in [-0.1, -0.05) is 0 Å². The third kappa shape index (κ3) is 2.19. The molecule has 7 heteroatoms. The van der Waals surface area contributed by atoms with Gasteiger partial charge >= 0.3 is 0 Å². The van der Waals surface area contributed by atoms with Crippen LogP contribution in [0.3, 0.4) is 0 Å².